The van der Waals surface area contributed by atoms with Gasteiger partial charge in [0.25, 0.3) is 5.91 Å². The maximum atomic E-state index is 12.4. The third-order valence-corrected chi connectivity index (χ3v) is 5.82. The van der Waals surface area contributed by atoms with Crippen LogP contribution in [-0.4, -0.2) is 55.5 Å². The number of hydrogen-bond donors (Lipinski definition) is 0. The van der Waals surface area contributed by atoms with E-state index in [1.165, 1.54) is 20.4 Å². The number of rotatable bonds is 2. The summed E-state index contributed by atoms with van der Waals surface area (Å²) in [5.41, 5.74) is 2.28. The van der Waals surface area contributed by atoms with Gasteiger partial charge in [-0.1, -0.05) is 12.1 Å². The van der Waals surface area contributed by atoms with Crippen LogP contribution in [0.15, 0.2) is 18.2 Å². The number of nitrogens with zero attached hydrogens (tertiary/aromatic N) is 3. The normalized spacial score (nSPS) is 22.7. The average Bonchev–Trinajstić information content (AvgIpc) is 2.69. The molecule has 1 aromatic rings. The van der Waals surface area contributed by atoms with Crippen LogP contribution >= 0.6 is 0 Å². The predicted octanol–water partition coefficient (Wildman–Crippen LogP) is 0.791. The van der Waals surface area contributed by atoms with E-state index in [0.29, 0.717) is 18.7 Å². The summed E-state index contributed by atoms with van der Waals surface area (Å²) in [5.74, 6) is -0.253. The summed E-state index contributed by atoms with van der Waals surface area (Å²) < 4.78 is 24.9. The van der Waals surface area contributed by atoms with Gasteiger partial charge in [-0.2, -0.15) is 4.31 Å². The molecule has 3 amide bonds. The van der Waals surface area contributed by atoms with Gasteiger partial charge in [-0.25, -0.2) is 18.1 Å². The van der Waals surface area contributed by atoms with E-state index in [4.69, 9.17) is 0 Å². The summed E-state index contributed by atoms with van der Waals surface area (Å²) in [5, 5.41) is 0. The first-order valence-corrected chi connectivity index (χ1v) is 9.23. The number of carbonyl (C=O) groups excluding carboxylic acids is 2. The number of imide groups is 1. The predicted molar refractivity (Wildman–Crippen MR) is 85.5 cm³/mol. The van der Waals surface area contributed by atoms with Gasteiger partial charge in [0.05, 0.1) is 11.9 Å². The second-order valence-electron chi connectivity index (χ2n) is 6.00. The van der Waals surface area contributed by atoms with Gasteiger partial charge in [0.2, 0.25) is 10.0 Å². The number of hydrogen-bond acceptors (Lipinski definition) is 4. The standard InChI is InChI=1S/C15H19N3O4S/c1-10-14(19)18(15(20)16(10)2)13-6-4-5-11-9-17(23(3,21)22)8-7-12(11)13/h4-6,10H,7-9H2,1-3H3. The van der Waals surface area contributed by atoms with Crippen LogP contribution in [0.1, 0.15) is 18.1 Å². The molecule has 0 radical (unpaired) electrons. The fourth-order valence-electron chi connectivity index (χ4n) is 3.05. The van der Waals surface area contributed by atoms with E-state index in [1.54, 1.807) is 26.1 Å². The van der Waals surface area contributed by atoms with Crippen LogP contribution in [0, 0.1) is 0 Å². The summed E-state index contributed by atoms with van der Waals surface area (Å²) in [7, 11) is -1.66. The molecule has 124 valence electrons. The highest BCUT2D eigenvalue weighted by molar-refractivity contribution is 7.88. The molecule has 1 saturated heterocycles. The highest BCUT2D eigenvalue weighted by Gasteiger charge is 2.42. The molecule has 8 heteroatoms. The van der Waals surface area contributed by atoms with Crippen LogP contribution in [0.5, 0.6) is 0 Å². The Morgan fingerprint density at radius 2 is 1.91 bits per heavy atom. The monoisotopic (exact) mass is 337 g/mol. The first-order chi connectivity index (χ1) is 10.7. The lowest BCUT2D eigenvalue weighted by molar-refractivity contribution is -0.119. The van der Waals surface area contributed by atoms with E-state index in [1.807, 2.05) is 6.07 Å². The van der Waals surface area contributed by atoms with Crippen LogP contribution in [0.25, 0.3) is 0 Å². The van der Waals surface area contributed by atoms with Crippen molar-refractivity contribution in [1.29, 1.82) is 0 Å². The fourth-order valence-corrected chi connectivity index (χ4v) is 3.84. The van der Waals surface area contributed by atoms with E-state index in [-0.39, 0.29) is 18.5 Å². The third kappa shape index (κ3) is 2.51. The second-order valence-corrected chi connectivity index (χ2v) is 7.99. The lowest BCUT2D eigenvalue weighted by atomic mass is 9.98. The van der Waals surface area contributed by atoms with Crippen LogP contribution < -0.4 is 4.90 Å². The molecule has 7 nitrogen and oxygen atoms in total. The molecule has 23 heavy (non-hydrogen) atoms. The van der Waals surface area contributed by atoms with Gasteiger partial charge in [0, 0.05) is 20.1 Å². The number of fused-ring (bicyclic) bond motifs is 1. The Labute approximate surface area is 135 Å². The highest BCUT2D eigenvalue weighted by Crippen LogP contribution is 2.33. The average molecular weight is 337 g/mol. The summed E-state index contributed by atoms with van der Waals surface area (Å²) in [6.45, 7) is 2.31. The van der Waals surface area contributed by atoms with Gasteiger partial charge in [0.15, 0.2) is 0 Å². The Morgan fingerprint density at radius 3 is 2.48 bits per heavy atom. The number of carbonyl (C=O) groups is 2. The minimum atomic E-state index is -3.26. The molecule has 0 bridgehead atoms. The molecule has 0 N–H and O–H groups in total. The van der Waals surface area contributed by atoms with E-state index in [9.17, 15) is 18.0 Å². The van der Waals surface area contributed by atoms with Crippen molar-refractivity contribution in [2.24, 2.45) is 0 Å². The van der Waals surface area contributed by atoms with E-state index in [2.05, 4.69) is 0 Å². The quantitative estimate of drug-likeness (QED) is 0.748. The Morgan fingerprint density at radius 1 is 1.22 bits per heavy atom. The van der Waals surface area contributed by atoms with Gasteiger partial charge < -0.3 is 4.90 Å². The molecule has 2 heterocycles. The smallest absolute Gasteiger partial charge is 0.315 e. The minimum Gasteiger partial charge on any atom is -0.315 e. The summed E-state index contributed by atoms with van der Waals surface area (Å²) >= 11 is 0. The lowest BCUT2D eigenvalue weighted by Gasteiger charge is -2.29. The van der Waals surface area contributed by atoms with Gasteiger partial charge in [0.1, 0.15) is 6.04 Å². The van der Waals surface area contributed by atoms with Crippen LogP contribution in [0.3, 0.4) is 0 Å². The summed E-state index contributed by atoms with van der Waals surface area (Å²) in [6.07, 6.45) is 1.67. The zero-order valence-corrected chi connectivity index (χ0v) is 14.1. The van der Waals surface area contributed by atoms with Crippen molar-refractivity contribution in [3.63, 3.8) is 0 Å². The van der Waals surface area contributed by atoms with Crippen molar-refractivity contribution < 1.29 is 18.0 Å². The van der Waals surface area contributed by atoms with Crippen molar-refractivity contribution in [2.45, 2.75) is 25.9 Å². The second kappa shape index (κ2) is 5.31. The van der Waals surface area contributed by atoms with Gasteiger partial charge in [-0.05, 0) is 30.5 Å². The Kier molecular flexibility index (Phi) is 3.68. The van der Waals surface area contributed by atoms with Gasteiger partial charge >= 0.3 is 6.03 Å². The maximum Gasteiger partial charge on any atom is 0.331 e. The van der Waals surface area contributed by atoms with E-state index in [0.717, 1.165) is 11.1 Å². The molecule has 0 spiro atoms. The summed E-state index contributed by atoms with van der Waals surface area (Å²) in [6, 6.07) is 4.50. The molecule has 1 aromatic carbocycles. The first-order valence-electron chi connectivity index (χ1n) is 7.38. The molecule has 0 saturated carbocycles. The fraction of sp³-hybridized carbons (Fsp3) is 0.467. The number of amides is 3. The molecule has 1 unspecified atom stereocenters. The van der Waals surface area contributed by atoms with Gasteiger partial charge in [-0.15, -0.1) is 0 Å². The highest BCUT2D eigenvalue weighted by atomic mass is 32.2. The number of sulfonamides is 1. The zero-order chi connectivity index (χ0) is 16.9. The lowest BCUT2D eigenvalue weighted by Crippen LogP contribution is -2.37. The van der Waals surface area contributed by atoms with Crippen molar-refractivity contribution in [3.8, 4) is 0 Å². The van der Waals surface area contributed by atoms with Gasteiger partial charge in [-0.3, -0.25) is 4.79 Å². The van der Waals surface area contributed by atoms with Crippen molar-refractivity contribution in [3.05, 3.63) is 29.3 Å². The Balaban J connectivity index is 2.02. The van der Waals surface area contributed by atoms with E-state index < -0.39 is 16.1 Å². The number of likely N-dealkylation sites (N-methyl/N-ethyl adjacent to an activating group) is 1. The molecular weight excluding hydrogens is 318 g/mol. The van der Waals surface area contributed by atoms with Crippen molar-refractivity contribution in [1.82, 2.24) is 9.21 Å². The van der Waals surface area contributed by atoms with Crippen LogP contribution in [-0.2, 0) is 27.8 Å². The number of anilines is 1. The zero-order valence-electron chi connectivity index (χ0n) is 13.3. The van der Waals surface area contributed by atoms with Crippen LogP contribution in [0.4, 0.5) is 10.5 Å². The Bertz CT molecular complexity index is 770. The molecule has 1 atom stereocenters. The molecule has 2 aliphatic heterocycles. The minimum absolute atomic E-state index is 0.253. The first kappa shape index (κ1) is 15.9. The molecular formula is C15H19N3O4S. The SMILES string of the molecule is CC1C(=O)N(c2cccc3c2CCN(S(C)(=O)=O)C3)C(=O)N1C. The molecule has 1 fully saturated rings. The van der Waals surface area contributed by atoms with Crippen molar-refractivity contribution >= 4 is 27.6 Å². The number of urea groups is 1. The molecule has 3 rings (SSSR count). The largest absolute Gasteiger partial charge is 0.331 e. The third-order valence-electron chi connectivity index (χ3n) is 4.57. The Hall–Kier alpha value is -1.93. The number of benzene rings is 1. The van der Waals surface area contributed by atoms with E-state index >= 15 is 0 Å². The maximum absolute atomic E-state index is 12.4. The topological polar surface area (TPSA) is 78.0 Å². The van der Waals surface area contributed by atoms with Crippen molar-refractivity contribution in [2.75, 3.05) is 24.7 Å². The molecule has 0 aliphatic carbocycles. The molecule has 0 aromatic heterocycles. The summed E-state index contributed by atoms with van der Waals surface area (Å²) in [4.78, 5) is 27.4. The van der Waals surface area contributed by atoms with Crippen LogP contribution in [0.2, 0.25) is 0 Å². The molecule has 2 aliphatic rings.